The monoisotopic (exact) mass is 376 g/mol. The van der Waals surface area contributed by atoms with Gasteiger partial charge in [-0.3, -0.25) is 4.79 Å². The van der Waals surface area contributed by atoms with Gasteiger partial charge in [0, 0.05) is 24.7 Å². The first-order chi connectivity index (χ1) is 13.1. The second-order valence-electron chi connectivity index (χ2n) is 7.56. The summed E-state index contributed by atoms with van der Waals surface area (Å²) in [6.07, 6.45) is 7.54. The second kappa shape index (κ2) is 9.35. The van der Waals surface area contributed by atoms with Crippen LogP contribution in [0.4, 0.5) is 0 Å². The van der Waals surface area contributed by atoms with Crippen LogP contribution in [0.1, 0.15) is 49.8 Å². The third-order valence-corrected chi connectivity index (χ3v) is 5.72. The van der Waals surface area contributed by atoms with Crippen molar-refractivity contribution in [3.05, 3.63) is 11.3 Å². The molecule has 2 saturated heterocycles. The molecule has 1 aromatic rings. The zero-order chi connectivity index (χ0) is 19.2. The molecule has 0 spiro atoms. The summed E-state index contributed by atoms with van der Waals surface area (Å²) in [6, 6.07) is 0.580. The van der Waals surface area contributed by atoms with Crippen LogP contribution >= 0.6 is 0 Å². The summed E-state index contributed by atoms with van der Waals surface area (Å²) < 4.78 is 10.5. The smallest absolute Gasteiger partial charge is 0.319 e. The number of hydrogen-bond donors (Lipinski definition) is 0. The number of rotatable bonds is 6. The summed E-state index contributed by atoms with van der Waals surface area (Å²) in [7, 11) is 3.09. The van der Waals surface area contributed by atoms with Crippen molar-refractivity contribution >= 4 is 5.91 Å². The summed E-state index contributed by atoms with van der Waals surface area (Å²) in [5.41, 5.74) is 1.49. The third kappa shape index (κ3) is 4.89. The predicted molar refractivity (Wildman–Crippen MR) is 103 cm³/mol. The van der Waals surface area contributed by atoms with Crippen LogP contribution in [-0.4, -0.2) is 72.1 Å². The molecule has 3 heterocycles. The molecular formula is C20H32N4O3. The van der Waals surface area contributed by atoms with Crippen molar-refractivity contribution in [1.82, 2.24) is 19.8 Å². The Morgan fingerprint density at radius 2 is 1.78 bits per heavy atom. The number of nitrogens with zero attached hydrogens (tertiary/aromatic N) is 4. The molecule has 2 fully saturated rings. The van der Waals surface area contributed by atoms with E-state index >= 15 is 0 Å². The van der Waals surface area contributed by atoms with Gasteiger partial charge < -0.3 is 19.3 Å². The van der Waals surface area contributed by atoms with Gasteiger partial charge in [-0.05, 0) is 52.1 Å². The van der Waals surface area contributed by atoms with Gasteiger partial charge in [-0.25, -0.2) is 4.98 Å². The Hall–Kier alpha value is -1.89. The van der Waals surface area contributed by atoms with Crippen LogP contribution in [0.15, 0.2) is 0 Å². The molecular weight excluding hydrogens is 344 g/mol. The Labute approximate surface area is 162 Å². The highest BCUT2D eigenvalue weighted by molar-refractivity contribution is 5.80. The Kier molecular flexibility index (Phi) is 6.88. The van der Waals surface area contributed by atoms with E-state index in [1.807, 2.05) is 6.92 Å². The predicted octanol–water partition coefficient (Wildman–Crippen LogP) is 2.21. The van der Waals surface area contributed by atoms with Gasteiger partial charge in [-0.1, -0.05) is 6.42 Å². The average molecular weight is 377 g/mol. The largest absolute Gasteiger partial charge is 0.481 e. The Balaban J connectivity index is 1.71. The number of aromatic nitrogens is 2. The van der Waals surface area contributed by atoms with Crippen molar-refractivity contribution in [2.45, 2.75) is 57.9 Å². The average Bonchev–Trinajstić information content (AvgIpc) is 2.70. The minimum absolute atomic E-state index is 0.145. The van der Waals surface area contributed by atoms with Crippen LogP contribution in [0.2, 0.25) is 0 Å². The van der Waals surface area contributed by atoms with Crippen LogP contribution < -0.4 is 9.47 Å². The number of ether oxygens (including phenoxy) is 2. The van der Waals surface area contributed by atoms with Gasteiger partial charge in [0.15, 0.2) is 0 Å². The normalized spacial score (nSPS) is 21.1. The summed E-state index contributed by atoms with van der Waals surface area (Å²) in [5, 5.41) is 0. The van der Waals surface area contributed by atoms with Crippen molar-refractivity contribution < 1.29 is 14.3 Å². The summed E-state index contributed by atoms with van der Waals surface area (Å²) in [5.74, 6) is 0.573. The van der Waals surface area contributed by atoms with Gasteiger partial charge in [0.2, 0.25) is 11.8 Å². The number of likely N-dealkylation sites (tertiary alicyclic amines) is 2. The molecule has 0 aromatic carbocycles. The quantitative estimate of drug-likeness (QED) is 0.758. The fourth-order valence-corrected chi connectivity index (χ4v) is 4.22. The molecule has 0 saturated carbocycles. The SMILES string of the molecule is COc1nc(C)c(CC(=O)N2CCCCC2CN2CCCCC2)c(OC)n1. The molecule has 1 unspecified atom stereocenters. The Morgan fingerprint density at radius 3 is 2.48 bits per heavy atom. The lowest BCUT2D eigenvalue weighted by Crippen LogP contribution is -2.50. The standard InChI is InChI=1S/C20H32N4O3/c1-15-17(19(26-2)22-20(21-15)27-3)13-18(25)24-12-8-5-9-16(24)14-23-10-6-4-7-11-23/h16H,4-14H2,1-3H3. The fraction of sp³-hybridized carbons (Fsp3) is 0.750. The number of piperidine rings is 2. The van der Waals surface area contributed by atoms with E-state index in [0.29, 0.717) is 11.9 Å². The van der Waals surface area contributed by atoms with Crippen molar-refractivity contribution in [3.8, 4) is 11.9 Å². The Morgan fingerprint density at radius 1 is 1.04 bits per heavy atom. The first kappa shape index (κ1) is 19.9. The fourth-order valence-electron chi connectivity index (χ4n) is 4.22. The molecule has 7 nitrogen and oxygen atoms in total. The minimum atomic E-state index is 0.145. The Bertz CT molecular complexity index is 646. The molecule has 0 bridgehead atoms. The van der Waals surface area contributed by atoms with E-state index in [1.165, 1.54) is 32.8 Å². The van der Waals surface area contributed by atoms with Crippen LogP contribution in [0.25, 0.3) is 0 Å². The molecule has 1 aromatic heterocycles. The summed E-state index contributed by atoms with van der Waals surface area (Å²) >= 11 is 0. The van der Waals surface area contributed by atoms with Crippen molar-refractivity contribution in [2.75, 3.05) is 40.4 Å². The highest BCUT2D eigenvalue weighted by Gasteiger charge is 2.30. The minimum Gasteiger partial charge on any atom is -0.481 e. The molecule has 3 rings (SSSR count). The van der Waals surface area contributed by atoms with E-state index in [9.17, 15) is 4.79 Å². The number of methoxy groups -OCH3 is 2. The van der Waals surface area contributed by atoms with Crippen LogP contribution in [0, 0.1) is 6.92 Å². The lowest BCUT2D eigenvalue weighted by Gasteiger charge is -2.40. The van der Waals surface area contributed by atoms with E-state index in [0.717, 1.165) is 50.3 Å². The van der Waals surface area contributed by atoms with Crippen molar-refractivity contribution in [1.29, 1.82) is 0 Å². The molecule has 1 atom stereocenters. The van der Waals surface area contributed by atoms with Crippen molar-refractivity contribution in [2.24, 2.45) is 0 Å². The molecule has 150 valence electrons. The van der Waals surface area contributed by atoms with E-state index in [2.05, 4.69) is 19.8 Å². The second-order valence-corrected chi connectivity index (χ2v) is 7.56. The molecule has 0 N–H and O–H groups in total. The van der Waals surface area contributed by atoms with E-state index < -0.39 is 0 Å². The highest BCUT2D eigenvalue weighted by Crippen LogP contribution is 2.25. The van der Waals surface area contributed by atoms with Crippen molar-refractivity contribution in [3.63, 3.8) is 0 Å². The number of carbonyl (C=O) groups excluding carboxylic acids is 1. The van der Waals surface area contributed by atoms with E-state index in [-0.39, 0.29) is 18.3 Å². The number of aryl methyl sites for hydroxylation is 1. The van der Waals surface area contributed by atoms with Gasteiger partial charge in [-0.2, -0.15) is 4.98 Å². The van der Waals surface area contributed by atoms with Gasteiger partial charge in [-0.15, -0.1) is 0 Å². The maximum absolute atomic E-state index is 13.2. The summed E-state index contributed by atoms with van der Waals surface area (Å²) in [4.78, 5) is 26.3. The van der Waals surface area contributed by atoms with Gasteiger partial charge in [0.05, 0.1) is 26.3 Å². The molecule has 7 heteroatoms. The first-order valence-corrected chi connectivity index (χ1v) is 10.1. The van der Waals surface area contributed by atoms with Crippen LogP contribution in [-0.2, 0) is 11.2 Å². The lowest BCUT2D eigenvalue weighted by molar-refractivity contribution is -0.134. The van der Waals surface area contributed by atoms with Crippen LogP contribution in [0.5, 0.6) is 11.9 Å². The maximum Gasteiger partial charge on any atom is 0.319 e. The van der Waals surface area contributed by atoms with Gasteiger partial charge in [0.25, 0.3) is 0 Å². The van der Waals surface area contributed by atoms with Crippen LogP contribution in [0.3, 0.4) is 0 Å². The zero-order valence-electron chi connectivity index (χ0n) is 16.9. The van der Waals surface area contributed by atoms with E-state index in [4.69, 9.17) is 9.47 Å². The molecule has 1 amide bonds. The maximum atomic E-state index is 13.2. The number of carbonyl (C=O) groups is 1. The third-order valence-electron chi connectivity index (χ3n) is 5.72. The van der Waals surface area contributed by atoms with E-state index in [1.54, 1.807) is 7.11 Å². The molecule has 0 radical (unpaired) electrons. The van der Waals surface area contributed by atoms with Gasteiger partial charge in [0.1, 0.15) is 0 Å². The first-order valence-electron chi connectivity index (χ1n) is 10.1. The topological polar surface area (TPSA) is 67.8 Å². The zero-order valence-corrected chi connectivity index (χ0v) is 16.9. The molecule has 27 heavy (non-hydrogen) atoms. The molecule has 2 aliphatic rings. The highest BCUT2D eigenvalue weighted by atomic mass is 16.5. The summed E-state index contributed by atoms with van der Waals surface area (Å²) in [6.45, 7) is 6.04. The number of hydrogen-bond acceptors (Lipinski definition) is 6. The van der Waals surface area contributed by atoms with Gasteiger partial charge >= 0.3 is 6.01 Å². The lowest BCUT2D eigenvalue weighted by atomic mass is 9.99. The molecule has 2 aliphatic heterocycles. The molecule has 0 aliphatic carbocycles. The number of amides is 1.